The van der Waals surface area contributed by atoms with Crippen LogP contribution in [0.1, 0.15) is 92.9 Å². The molecule has 4 aliphatic rings. The first kappa shape index (κ1) is 23.3. The standard InChI is InChI=1S/C29H46O2/c1-17(2)19(4)27(31)16-18(3)22-10-11-24-21-8-9-23-20(5)26(30)13-15-29(23,7)25(21)12-14-28(22,24)6/h8,17-18,20,22-26,30H,4,9-16H2,1-3,5-7H3/t18-,20+,22-,23+,24+,25+,26+,28-,29+/m1/s1. The highest BCUT2D eigenvalue weighted by Gasteiger charge is 2.59. The van der Waals surface area contributed by atoms with Crippen molar-refractivity contribution in [3.05, 3.63) is 23.8 Å². The van der Waals surface area contributed by atoms with Gasteiger partial charge in [0, 0.05) is 6.42 Å². The summed E-state index contributed by atoms with van der Waals surface area (Å²) in [7, 11) is 0. The molecule has 31 heavy (non-hydrogen) atoms. The second-order valence-electron chi connectivity index (χ2n) is 12.6. The van der Waals surface area contributed by atoms with Crippen LogP contribution >= 0.6 is 0 Å². The highest BCUT2D eigenvalue weighted by molar-refractivity contribution is 5.95. The van der Waals surface area contributed by atoms with Gasteiger partial charge in [-0.1, -0.05) is 59.8 Å². The Labute approximate surface area is 191 Å². The number of aliphatic hydroxyl groups is 1. The Morgan fingerprint density at radius 2 is 1.74 bits per heavy atom. The first-order valence-electron chi connectivity index (χ1n) is 13.1. The average Bonchev–Trinajstić information content (AvgIpc) is 3.07. The summed E-state index contributed by atoms with van der Waals surface area (Å²) in [4.78, 5) is 12.8. The van der Waals surface area contributed by atoms with Crippen LogP contribution in [0.5, 0.6) is 0 Å². The molecule has 0 aromatic carbocycles. The van der Waals surface area contributed by atoms with E-state index in [-0.39, 0.29) is 17.8 Å². The van der Waals surface area contributed by atoms with Gasteiger partial charge in [-0.15, -0.1) is 0 Å². The number of fused-ring (bicyclic) bond motifs is 5. The smallest absolute Gasteiger partial charge is 0.158 e. The largest absolute Gasteiger partial charge is 0.393 e. The highest BCUT2D eigenvalue weighted by Crippen LogP contribution is 2.67. The van der Waals surface area contributed by atoms with E-state index in [1.54, 1.807) is 5.57 Å². The monoisotopic (exact) mass is 426 g/mol. The van der Waals surface area contributed by atoms with Crippen molar-refractivity contribution in [3.63, 3.8) is 0 Å². The van der Waals surface area contributed by atoms with Crippen molar-refractivity contribution in [1.82, 2.24) is 0 Å². The molecule has 4 aliphatic carbocycles. The van der Waals surface area contributed by atoms with E-state index in [1.165, 1.54) is 32.1 Å². The van der Waals surface area contributed by atoms with Crippen LogP contribution in [0.4, 0.5) is 0 Å². The van der Waals surface area contributed by atoms with E-state index in [0.717, 1.165) is 18.4 Å². The van der Waals surface area contributed by atoms with Gasteiger partial charge in [-0.2, -0.15) is 0 Å². The number of ketones is 1. The van der Waals surface area contributed by atoms with Gasteiger partial charge in [-0.3, -0.25) is 4.79 Å². The molecule has 9 atom stereocenters. The van der Waals surface area contributed by atoms with Crippen LogP contribution in [0, 0.1) is 52.3 Å². The minimum absolute atomic E-state index is 0.114. The Kier molecular flexibility index (Phi) is 6.12. The quantitative estimate of drug-likeness (QED) is 0.380. The fourth-order valence-electron chi connectivity index (χ4n) is 8.81. The molecule has 0 unspecified atom stereocenters. The van der Waals surface area contributed by atoms with Gasteiger partial charge >= 0.3 is 0 Å². The highest BCUT2D eigenvalue weighted by atomic mass is 16.3. The topological polar surface area (TPSA) is 37.3 Å². The number of carbonyl (C=O) groups is 1. The number of rotatable bonds is 5. The number of hydrogen-bond acceptors (Lipinski definition) is 2. The third-order valence-electron chi connectivity index (χ3n) is 10.9. The lowest BCUT2D eigenvalue weighted by molar-refractivity contribution is -0.117. The van der Waals surface area contributed by atoms with Gasteiger partial charge in [-0.25, -0.2) is 0 Å². The number of allylic oxidation sites excluding steroid dienone is 3. The fourth-order valence-corrected chi connectivity index (χ4v) is 8.81. The molecule has 3 fully saturated rings. The van der Waals surface area contributed by atoms with E-state index in [1.807, 2.05) is 0 Å². The van der Waals surface area contributed by atoms with Crippen LogP contribution in [-0.2, 0) is 4.79 Å². The van der Waals surface area contributed by atoms with E-state index in [9.17, 15) is 9.90 Å². The fraction of sp³-hybridized carbons (Fsp3) is 0.828. The third-order valence-corrected chi connectivity index (χ3v) is 10.9. The molecule has 0 spiro atoms. The molecule has 0 aromatic rings. The van der Waals surface area contributed by atoms with Crippen LogP contribution in [0.25, 0.3) is 0 Å². The molecule has 4 rings (SSSR count). The van der Waals surface area contributed by atoms with Crippen LogP contribution in [0.15, 0.2) is 23.8 Å². The lowest BCUT2D eigenvalue weighted by Crippen LogP contribution is -2.52. The molecule has 0 bridgehead atoms. The zero-order valence-electron chi connectivity index (χ0n) is 20.9. The first-order chi connectivity index (χ1) is 14.5. The Bertz CT molecular complexity index is 763. The predicted octanol–water partition coefficient (Wildman–Crippen LogP) is 6.98. The van der Waals surface area contributed by atoms with E-state index >= 15 is 0 Å². The number of Topliss-reactive ketones (excluding diaryl/α,β-unsaturated/α-hetero) is 1. The van der Waals surface area contributed by atoms with Crippen molar-refractivity contribution >= 4 is 5.78 Å². The first-order valence-corrected chi connectivity index (χ1v) is 13.1. The lowest BCUT2D eigenvalue weighted by atomic mass is 9.46. The van der Waals surface area contributed by atoms with Gasteiger partial charge in [0.05, 0.1) is 6.10 Å². The minimum atomic E-state index is -0.114. The summed E-state index contributed by atoms with van der Waals surface area (Å²) in [5, 5.41) is 10.5. The lowest BCUT2D eigenvalue weighted by Gasteiger charge is -2.59. The molecule has 0 amide bonds. The molecule has 0 aliphatic heterocycles. The van der Waals surface area contributed by atoms with Gasteiger partial charge in [0.25, 0.3) is 0 Å². The van der Waals surface area contributed by atoms with E-state index in [2.05, 4.69) is 54.2 Å². The normalized spacial score (nSPS) is 45.4. The Balaban J connectivity index is 1.54. The van der Waals surface area contributed by atoms with Crippen molar-refractivity contribution in [2.24, 2.45) is 52.3 Å². The molecule has 0 aromatic heterocycles. The van der Waals surface area contributed by atoms with Gasteiger partial charge in [-0.05, 0) is 103 Å². The van der Waals surface area contributed by atoms with E-state index in [4.69, 9.17) is 0 Å². The second kappa shape index (κ2) is 8.15. The van der Waals surface area contributed by atoms with Crippen molar-refractivity contribution < 1.29 is 9.90 Å². The number of carbonyl (C=O) groups excluding carboxylic acids is 1. The maximum absolute atomic E-state index is 12.8. The van der Waals surface area contributed by atoms with Crippen molar-refractivity contribution in [2.45, 2.75) is 99.0 Å². The maximum atomic E-state index is 12.8. The van der Waals surface area contributed by atoms with Gasteiger partial charge in [0.1, 0.15) is 0 Å². The summed E-state index contributed by atoms with van der Waals surface area (Å²) in [6.45, 7) is 17.9. The summed E-state index contributed by atoms with van der Waals surface area (Å²) in [5.41, 5.74) is 3.27. The molecule has 174 valence electrons. The van der Waals surface area contributed by atoms with Crippen LogP contribution in [-0.4, -0.2) is 17.0 Å². The Morgan fingerprint density at radius 3 is 2.42 bits per heavy atom. The molecular weight excluding hydrogens is 380 g/mol. The molecule has 0 saturated heterocycles. The van der Waals surface area contributed by atoms with Gasteiger partial charge in [0.15, 0.2) is 5.78 Å². The predicted molar refractivity (Wildman–Crippen MR) is 129 cm³/mol. The molecule has 2 nitrogen and oxygen atoms in total. The number of hydrogen-bond donors (Lipinski definition) is 1. The molecule has 1 N–H and O–H groups in total. The SMILES string of the molecule is C=C(C(=O)C[C@@H](C)[C@H]1CC[C@H]2C3=CC[C@H]4[C@H](C)[C@@H](O)CC[C@]4(C)[C@H]3CC[C@]12C)C(C)C. The molecule has 2 heteroatoms. The van der Waals surface area contributed by atoms with Crippen LogP contribution in [0.3, 0.4) is 0 Å². The van der Waals surface area contributed by atoms with Gasteiger partial charge < -0.3 is 5.11 Å². The number of aliphatic hydroxyl groups excluding tert-OH is 1. The Hall–Kier alpha value is -0.890. The van der Waals surface area contributed by atoms with Gasteiger partial charge in [0.2, 0.25) is 0 Å². The van der Waals surface area contributed by atoms with Crippen molar-refractivity contribution in [2.75, 3.05) is 0 Å². The summed E-state index contributed by atoms with van der Waals surface area (Å²) in [5.74, 6) is 4.06. The molecule has 0 heterocycles. The van der Waals surface area contributed by atoms with Crippen LogP contribution in [0.2, 0.25) is 0 Å². The Morgan fingerprint density at radius 1 is 1.10 bits per heavy atom. The molecule has 0 radical (unpaired) electrons. The summed E-state index contributed by atoms with van der Waals surface area (Å²) in [6.07, 6.45) is 11.6. The minimum Gasteiger partial charge on any atom is -0.393 e. The van der Waals surface area contributed by atoms with Crippen LogP contribution < -0.4 is 0 Å². The van der Waals surface area contributed by atoms with E-state index < -0.39 is 0 Å². The maximum Gasteiger partial charge on any atom is 0.158 e. The molecular formula is C29H46O2. The van der Waals surface area contributed by atoms with E-state index in [0.29, 0.717) is 52.8 Å². The summed E-state index contributed by atoms with van der Waals surface area (Å²) < 4.78 is 0. The second-order valence-corrected chi connectivity index (χ2v) is 12.6. The van der Waals surface area contributed by atoms with Crippen molar-refractivity contribution in [3.8, 4) is 0 Å². The summed E-state index contributed by atoms with van der Waals surface area (Å²) >= 11 is 0. The zero-order chi connectivity index (χ0) is 22.7. The summed E-state index contributed by atoms with van der Waals surface area (Å²) in [6, 6.07) is 0. The average molecular weight is 427 g/mol. The molecule has 3 saturated carbocycles. The third kappa shape index (κ3) is 3.60. The van der Waals surface area contributed by atoms with Crippen molar-refractivity contribution in [1.29, 1.82) is 0 Å². The zero-order valence-corrected chi connectivity index (χ0v) is 20.9.